The predicted molar refractivity (Wildman–Crippen MR) is 109 cm³/mol. The number of nitrogens with zero attached hydrogens (tertiary/aromatic N) is 5. The summed E-state index contributed by atoms with van der Waals surface area (Å²) in [4.78, 5) is 16.5. The van der Waals surface area contributed by atoms with Crippen molar-refractivity contribution in [2.45, 2.75) is 25.8 Å². The average molecular weight is 397 g/mol. The molecule has 0 radical (unpaired) electrons. The van der Waals surface area contributed by atoms with E-state index in [1.807, 2.05) is 12.1 Å². The van der Waals surface area contributed by atoms with E-state index in [9.17, 15) is 4.79 Å². The van der Waals surface area contributed by atoms with Crippen molar-refractivity contribution < 1.29 is 4.79 Å². The van der Waals surface area contributed by atoms with Gasteiger partial charge in [0, 0.05) is 17.0 Å². The molecule has 1 saturated heterocycles. The molecule has 1 fully saturated rings. The van der Waals surface area contributed by atoms with Crippen molar-refractivity contribution in [3.8, 4) is 5.69 Å². The van der Waals surface area contributed by atoms with Crippen molar-refractivity contribution >= 4 is 17.2 Å². The van der Waals surface area contributed by atoms with Crippen LogP contribution in [-0.4, -0.2) is 50.6 Å². The molecule has 0 spiro atoms. The molecule has 8 heteroatoms. The number of likely N-dealkylation sites (tertiary alicyclic amines) is 1. The summed E-state index contributed by atoms with van der Waals surface area (Å²) >= 11 is 1.76. The summed E-state index contributed by atoms with van der Waals surface area (Å²) < 4.78 is 1.56. The van der Waals surface area contributed by atoms with E-state index in [0.29, 0.717) is 12.1 Å². The second kappa shape index (κ2) is 8.62. The van der Waals surface area contributed by atoms with Crippen LogP contribution in [0.4, 0.5) is 0 Å². The molecule has 1 aromatic carbocycles. The number of hydrogen-bond acceptors (Lipinski definition) is 6. The average Bonchev–Trinajstić information content (AvgIpc) is 3.44. The van der Waals surface area contributed by atoms with Gasteiger partial charge in [-0.3, -0.25) is 9.69 Å². The van der Waals surface area contributed by atoms with Crippen LogP contribution in [0.2, 0.25) is 0 Å². The summed E-state index contributed by atoms with van der Waals surface area (Å²) in [5.41, 5.74) is 1.45. The lowest BCUT2D eigenvalue weighted by molar-refractivity contribution is 0.0915. The largest absolute Gasteiger partial charge is 0.350 e. The second-order valence-corrected chi connectivity index (χ2v) is 8.24. The molecule has 3 heterocycles. The van der Waals surface area contributed by atoms with Crippen LogP contribution in [0.3, 0.4) is 0 Å². The van der Waals surface area contributed by atoms with Crippen molar-refractivity contribution in [2.24, 2.45) is 5.92 Å². The van der Waals surface area contributed by atoms with Gasteiger partial charge in [0.2, 0.25) is 0 Å². The number of thiophene rings is 1. The molecular weight excluding hydrogens is 372 g/mol. The lowest BCUT2D eigenvalue weighted by atomic mass is 9.97. The zero-order valence-electron chi connectivity index (χ0n) is 15.9. The van der Waals surface area contributed by atoms with Crippen LogP contribution in [0.25, 0.3) is 5.69 Å². The summed E-state index contributed by atoms with van der Waals surface area (Å²) in [6.07, 6.45) is 3.96. The first-order valence-electron chi connectivity index (χ1n) is 9.60. The number of aromatic nitrogens is 4. The molecule has 2 aromatic heterocycles. The molecule has 1 aliphatic heterocycles. The Morgan fingerprint density at radius 3 is 2.68 bits per heavy atom. The van der Waals surface area contributed by atoms with Gasteiger partial charge >= 0.3 is 0 Å². The highest BCUT2D eigenvalue weighted by molar-refractivity contribution is 7.10. The Bertz CT molecular complexity index is 870. The Kier molecular flexibility index (Phi) is 5.78. The lowest BCUT2D eigenvalue weighted by Crippen LogP contribution is -2.41. The zero-order valence-corrected chi connectivity index (χ0v) is 16.7. The predicted octanol–water partition coefficient (Wildman–Crippen LogP) is 2.93. The van der Waals surface area contributed by atoms with Gasteiger partial charge in [0.05, 0.1) is 11.7 Å². The number of rotatable bonds is 6. The highest BCUT2D eigenvalue weighted by Crippen LogP contribution is 2.29. The molecule has 1 N–H and O–H groups in total. The monoisotopic (exact) mass is 396 g/mol. The number of carbonyl (C=O) groups excluding carboxylic acids is 1. The van der Waals surface area contributed by atoms with Crippen molar-refractivity contribution in [1.82, 2.24) is 30.4 Å². The van der Waals surface area contributed by atoms with Gasteiger partial charge in [0.25, 0.3) is 5.91 Å². The molecule has 146 valence electrons. The summed E-state index contributed by atoms with van der Waals surface area (Å²) in [7, 11) is 0. The SMILES string of the molecule is CC1CCN(C(CNC(=O)c2ccc(-n3cnnn3)cc2)c2cccs2)CC1. The van der Waals surface area contributed by atoms with Gasteiger partial charge in [-0.05, 0) is 78.0 Å². The van der Waals surface area contributed by atoms with Gasteiger partial charge in [0.1, 0.15) is 6.33 Å². The Morgan fingerprint density at radius 2 is 2.04 bits per heavy atom. The first kappa shape index (κ1) is 18.8. The summed E-state index contributed by atoms with van der Waals surface area (Å²) in [5, 5.41) is 16.3. The molecule has 3 aromatic rings. The highest BCUT2D eigenvalue weighted by Gasteiger charge is 2.25. The molecule has 1 atom stereocenters. The Morgan fingerprint density at radius 1 is 1.25 bits per heavy atom. The van der Waals surface area contributed by atoms with Crippen LogP contribution in [0.15, 0.2) is 48.1 Å². The smallest absolute Gasteiger partial charge is 0.251 e. The van der Waals surface area contributed by atoms with Gasteiger partial charge in [-0.25, -0.2) is 4.68 Å². The minimum Gasteiger partial charge on any atom is -0.350 e. The standard InChI is InChI=1S/C20H24N6OS/c1-15-8-10-25(11-9-15)18(19-3-2-12-28-19)13-21-20(27)16-4-6-17(7-5-16)26-14-22-23-24-26/h2-7,12,14-15,18H,8-11,13H2,1H3,(H,21,27). The van der Waals surface area contributed by atoms with Crippen LogP contribution in [-0.2, 0) is 0 Å². The first-order valence-corrected chi connectivity index (χ1v) is 10.5. The van der Waals surface area contributed by atoms with Gasteiger partial charge < -0.3 is 5.32 Å². The molecule has 0 aliphatic carbocycles. The summed E-state index contributed by atoms with van der Waals surface area (Å²) in [6.45, 7) is 5.10. The zero-order chi connectivity index (χ0) is 19.3. The minimum atomic E-state index is -0.0600. The number of carbonyl (C=O) groups is 1. The van der Waals surface area contributed by atoms with E-state index < -0.39 is 0 Å². The molecule has 1 amide bonds. The molecule has 7 nitrogen and oxygen atoms in total. The minimum absolute atomic E-state index is 0.0600. The Hall–Kier alpha value is -2.58. The van der Waals surface area contributed by atoms with Gasteiger partial charge in [0.15, 0.2) is 0 Å². The van der Waals surface area contributed by atoms with E-state index in [2.05, 4.69) is 50.2 Å². The van der Waals surface area contributed by atoms with Crippen molar-refractivity contribution in [3.63, 3.8) is 0 Å². The third kappa shape index (κ3) is 4.28. The van der Waals surface area contributed by atoms with Crippen LogP contribution in [0, 0.1) is 5.92 Å². The van der Waals surface area contributed by atoms with Crippen LogP contribution < -0.4 is 5.32 Å². The molecule has 0 saturated carbocycles. The molecule has 0 bridgehead atoms. The number of benzene rings is 1. The molecule has 4 rings (SSSR count). The van der Waals surface area contributed by atoms with E-state index in [1.165, 1.54) is 24.0 Å². The maximum absolute atomic E-state index is 12.7. The van der Waals surface area contributed by atoms with E-state index in [-0.39, 0.29) is 11.9 Å². The van der Waals surface area contributed by atoms with E-state index in [0.717, 1.165) is 24.7 Å². The van der Waals surface area contributed by atoms with E-state index in [1.54, 1.807) is 28.2 Å². The van der Waals surface area contributed by atoms with Crippen molar-refractivity contribution in [1.29, 1.82) is 0 Å². The molecule has 28 heavy (non-hydrogen) atoms. The fourth-order valence-electron chi connectivity index (χ4n) is 3.57. The normalized spacial score (nSPS) is 16.8. The van der Waals surface area contributed by atoms with Crippen molar-refractivity contribution in [3.05, 3.63) is 58.5 Å². The third-order valence-corrected chi connectivity index (χ3v) is 6.30. The number of piperidine rings is 1. The number of amides is 1. The van der Waals surface area contributed by atoms with Gasteiger partial charge in [-0.1, -0.05) is 13.0 Å². The quantitative estimate of drug-likeness (QED) is 0.693. The van der Waals surface area contributed by atoms with Gasteiger partial charge in [-0.2, -0.15) is 0 Å². The fraction of sp³-hybridized carbons (Fsp3) is 0.400. The van der Waals surface area contributed by atoms with Crippen LogP contribution in [0.5, 0.6) is 0 Å². The fourth-order valence-corrected chi connectivity index (χ4v) is 4.43. The summed E-state index contributed by atoms with van der Waals surface area (Å²) in [6, 6.07) is 11.8. The van der Waals surface area contributed by atoms with E-state index in [4.69, 9.17) is 0 Å². The Balaban J connectivity index is 1.41. The van der Waals surface area contributed by atoms with E-state index >= 15 is 0 Å². The topological polar surface area (TPSA) is 75.9 Å². The Labute approximate surface area is 168 Å². The maximum atomic E-state index is 12.7. The lowest BCUT2D eigenvalue weighted by Gasteiger charge is -2.36. The number of hydrogen-bond donors (Lipinski definition) is 1. The maximum Gasteiger partial charge on any atom is 0.251 e. The third-order valence-electron chi connectivity index (χ3n) is 5.33. The second-order valence-electron chi connectivity index (χ2n) is 7.26. The number of nitrogens with one attached hydrogen (secondary N) is 1. The van der Waals surface area contributed by atoms with Gasteiger partial charge in [-0.15, -0.1) is 16.4 Å². The van der Waals surface area contributed by atoms with Crippen molar-refractivity contribution in [2.75, 3.05) is 19.6 Å². The van der Waals surface area contributed by atoms with Crippen LogP contribution in [0.1, 0.15) is 41.0 Å². The first-order chi connectivity index (χ1) is 13.7. The molecule has 1 aliphatic rings. The summed E-state index contributed by atoms with van der Waals surface area (Å²) in [5.74, 6) is 0.726. The van der Waals surface area contributed by atoms with Crippen LogP contribution >= 0.6 is 11.3 Å². The molecule has 1 unspecified atom stereocenters. The number of tetrazole rings is 1. The molecular formula is C20H24N6OS. The highest BCUT2D eigenvalue weighted by atomic mass is 32.1.